The number of nitrogens with zero attached hydrogens (tertiary/aromatic N) is 1. The van der Waals surface area contributed by atoms with Crippen molar-refractivity contribution in [1.29, 1.82) is 0 Å². The van der Waals surface area contributed by atoms with Gasteiger partial charge in [-0.3, -0.25) is 14.5 Å². The predicted molar refractivity (Wildman–Crippen MR) is 120 cm³/mol. The first kappa shape index (κ1) is 23.0. The van der Waals surface area contributed by atoms with E-state index in [0.29, 0.717) is 0 Å². The summed E-state index contributed by atoms with van der Waals surface area (Å²) < 4.78 is 10.2. The fourth-order valence-electron chi connectivity index (χ4n) is 4.91. The van der Waals surface area contributed by atoms with Crippen molar-refractivity contribution in [3.63, 3.8) is 0 Å². The number of carbonyl (C=O) groups is 2. The third-order valence-electron chi connectivity index (χ3n) is 6.54. The van der Waals surface area contributed by atoms with Crippen LogP contribution in [0.15, 0.2) is 60.7 Å². The normalized spacial score (nSPS) is 22.0. The Morgan fingerprint density at radius 2 is 1.61 bits per heavy atom. The van der Waals surface area contributed by atoms with Crippen molar-refractivity contribution in [3.8, 4) is 0 Å². The topological polar surface area (TPSA) is 55.8 Å². The summed E-state index contributed by atoms with van der Waals surface area (Å²) in [5.41, 5.74) is 2.40. The molecule has 0 saturated heterocycles. The molecule has 5 heteroatoms. The smallest absolute Gasteiger partial charge is 0.310 e. The van der Waals surface area contributed by atoms with Gasteiger partial charge in [0.15, 0.2) is 0 Å². The maximum Gasteiger partial charge on any atom is 0.310 e. The third-order valence-corrected chi connectivity index (χ3v) is 6.54. The van der Waals surface area contributed by atoms with E-state index in [1.54, 1.807) is 0 Å². The largest absolute Gasteiger partial charge is 0.469 e. The van der Waals surface area contributed by atoms with Gasteiger partial charge in [-0.15, -0.1) is 0 Å². The van der Waals surface area contributed by atoms with E-state index >= 15 is 0 Å². The average Bonchev–Trinajstić information content (AvgIpc) is 2.82. The summed E-state index contributed by atoms with van der Waals surface area (Å²) in [6.45, 7) is 2.91. The summed E-state index contributed by atoms with van der Waals surface area (Å²) in [6, 6.07) is 20.8. The van der Waals surface area contributed by atoms with Gasteiger partial charge in [0, 0.05) is 25.0 Å². The van der Waals surface area contributed by atoms with Gasteiger partial charge in [0.2, 0.25) is 0 Å². The van der Waals surface area contributed by atoms with E-state index in [1.807, 2.05) is 36.4 Å². The minimum absolute atomic E-state index is 0.0220. The number of hydrogen-bond acceptors (Lipinski definition) is 5. The Bertz CT molecular complexity index is 839. The van der Waals surface area contributed by atoms with Crippen molar-refractivity contribution in [1.82, 2.24) is 4.90 Å². The molecule has 31 heavy (non-hydrogen) atoms. The molecule has 5 nitrogen and oxygen atoms in total. The highest BCUT2D eigenvalue weighted by molar-refractivity contribution is 5.76. The number of rotatable bonds is 8. The first-order chi connectivity index (χ1) is 15.0. The molecule has 0 radical (unpaired) electrons. The van der Waals surface area contributed by atoms with Gasteiger partial charge in [-0.2, -0.15) is 0 Å². The number of hydrogen-bond donors (Lipinski definition) is 0. The van der Waals surface area contributed by atoms with Crippen LogP contribution >= 0.6 is 0 Å². The molecule has 1 aliphatic carbocycles. The van der Waals surface area contributed by atoms with Crippen molar-refractivity contribution in [3.05, 3.63) is 71.8 Å². The molecule has 1 saturated carbocycles. The highest BCUT2D eigenvalue weighted by Gasteiger charge is 2.44. The number of methoxy groups -OCH3 is 2. The maximum atomic E-state index is 13.0. The van der Waals surface area contributed by atoms with Crippen LogP contribution in [0.3, 0.4) is 0 Å². The SMILES string of the molecule is COC(=O)C[C@H]1CCC[C@@H](N(Cc2ccccc2)[C@H](C)c2ccccc2)[C@@H]1C(=O)OC. The van der Waals surface area contributed by atoms with Gasteiger partial charge in [0.1, 0.15) is 0 Å². The van der Waals surface area contributed by atoms with Gasteiger partial charge in [0.05, 0.1) is 20.1 Å². The Morgan fingerprint density at radius 3 is 2.23 bits per heavy atom. The molecule has 0 N–H and O–H groups in total. The van der Waals surface area contributed by atoms with Gasteiger partial charge < -0.3 is 9.47 Å². The van der Waals surface area contributed by atoms with Gasteiger partial charge in [0.25, 0.3) is 0 Å². The van der Waals surface area contributed by atoms with Crippen molar-refractivity contribution in [2.45, 2.75) is 51.2 Å². The molecule has 2 aromatic rings. The van der Waals surface area contributed by atoms with Crippen molar-refractivity contribution < 1.29 is 19.1 Å². The van der Waals surface area contributed by atoms with Crippen LogP contribution in [0.5, 0.6) is 0 Å². The van der Waals surface area contributed by atoms with E-state index < -0.39 is 0 Å². The van der Waals surface area contributed by atoms with E-state index in [2.05, 4.69) is 36.1 Å². The van der Waals surface area contributed by atoms with E-state index in [4.69, 9.17) is 9.47 Å². The lowest BCUT2D eigenvalue weighted by molar-refractivity contribution is -0.155. The van der Waals surface area contributed by atoms with Crippen molar-refractivity contribution in [2.75, 3.05) is 14.2 Å². The molecule has 3 rings (SSSR count). The molecular weight excluding hydrogens is 390 g/mol. The summed E-state index contributed by atoms with van der Waals surface area (Å²) >= 11 is 0. The molecule has 0 bridgehead atoms. The van der Waals surface area contributed by atoms with Crippen molar-refractivity contribution in [2.24, 2.45) is 11.8 Å². The highest BCUT2D eigenvalue weighted by atomic mass is 16.5. The molecule has 1 aliphatic rings. The first-order valence-corrected chi connectivity index (χ1v) is 11.0. The second-order valence-electron chi connectivity index (χ2n) is 8.33. The number of carbonyl (C=O) groups excluding carboxylic acids is 2. The van der Waals surface area contributed by atoms with Crippen LogP contribution in [0.4, 0.5) is 0 Å². The zero-order valence-electron chi connectivity index (χ0n) is 18.7. The van der Waals surface area contributed by atoms with Crippen LogP contribution < -0.4 is 0 Å². The Hall–Kier alpha value is -2.66. The minimum Gasteiger partial charge on any atom is -0.469 e. The van der Waals surface area contributed by atoms with Crippen LogP contribution in [0.1, 0.15) is 49.8 Å². The number of ether oxygens (including phenoxy) is 2. The van der Waals surface area contributed by atoms with Crippen LogP contribution in [0.25, 0.3) is 0 Å². The molecule has 1 fully saturated rings. The lowest BCUT2D eigenvalue weighted by Gasteiger charge is -2.45. The van der Waals surface area contributed by atoms with Gasteiger partial charge in [-0.05, 0) is 36.8 Å². The molecule has 0 spiro atoms. The van der Waals surface area contributed by atoms with Crippen LogP contribution in [0.2, 0.25) is 0 Å². The Kier molecular flexibility index (Phi) is 8.24. The summed E-state index contributed by atoms with van der Waals surface area (Å²) in [5, 5.41) is 0. The summed E-state index contributed by atoms with van der Waals surface area (Å²) in [5.74, 6) is -0.963. The number of esters is 2. The zero-order valence-corrected chi connectivity index (χ0v) is 18.7. The highest BCUT2D eigenvalue weighted by Crippen LogP contribution is 2.40. The van der Waals surface area contributed by atoms with E-state index in [1.165, 1.54) is 25.3 Å². The van der Waals surface area contributed by atoms with E-state index in [0.717, 1.165) is 25.8 Å². The predicted octanol–water partition coefficient (Wildman–Crippen LogP) is 4.77. The standard InChI is InChI=1S/C26H33NO4/c1-19(21-13-8-5-9-14-21)27(18-20-11-6-4-7-12-20)23-16-10-15-22(17-24(28)30-2)25(23)26(29)31-3/h4-9,11-14,19,22-23,25H,10,15-18H2,1-3H3/t19-,22-,23-,25-/m1/s1. The molecular formula is C26H33NO4. The third kappa shape index (κ3) is 5.73. The Labute approximate surface area is 185 Å². The van der Waals surface area contributed by atoms with Gasteiger partial charge >= 0.3 is 11.9 Å². The molecule has 4 atom stereocenters. The number of benzene rings is 2. The fourth-order valence-corrected chi connectivity index (χ4v) is 4.91. The van der Waals surface area contributed by atoms with Crippen LogP contribution in [0, 0.1) is 11.8 Å². The Morgan fingerprint density at radius 1 is 0.968 bits per heavy atom. The molecule has 0 aromatic heterocycles. The summed E-state index contributed by atoms with van der Waals surface area (Å²) in [4.78, 5) is 27.5. The molecule has 0 amide bonds. The summed E-state index contributed by atoms with van der Waals surface area (Å²) in [7, 11) is 2.83. The van der Waals surface area contributed by atoms with E-state index in [-0.39, 0.29) is 42.3 Å². The molecule has 0 heterocycles. The quantitative estimate of drug-likeness (QED) is 0.573. The Balaban J connectivity index is 1.97. The lowest BCUT2D eigenvalue weighted by Crippen LogP contribution is -2.50. The second-order valence-corrected chi connectivity index (χ2v) is 8.33. The first-order valence-electron chi connectivity index (χ1n) is 11.0. The average molecular weight is 424 g/mol. The van der Waals surface area contributed by atoms with Crippen LogP contribution in [-0.2, 0) is 25.6 Å². The molecule has 166 valence electrons. The van der Waals surface area contributed by atoms with Crippen LogP contribution in [-0.4, -0.2) is 37.1 Å². The fraction of sp³-hybridized carbons (Fsp3) is 0.462. The van der Waals surface area contributed by atoms with Crippen molar-refractivity contribution >= 4 is 11.9 Å². The van der Waals surface area contributed by atoms with Gasteiger partial charge in [-0.25, -0.2) is 0 Å². The molecule has 0 unspecified atom stereocenters. The monoisotopic (exact) mass is 423 g/mol. The minimum atomic E-state index is -0.368. The maximum absolute atomic E-state index is 13.0. The van der Waals surface area contributed by atoms with E-state index in [9.17, 15) is 9.59 Å². The second kappa shape index (κ2) is 11.1. The lowest BCUT2D eigenvalue weighted by atomic mass is 9.73. The summed E-state index contributed by atoms with van der Waals surface area (Å²) in [6.07, 6.45) is 2.92. The van der Waals surface area contributed by atoms with Gasteiger partial charge in [-0.1, -0.05) is 67.1 Å². The molecule has 2 aromatic carbocycles. The molecule has 0 aliphatic heterocycles. The zero-order chi connectivity index (χ0) is 22.2.